The normalized spacial score (nSPS) is 12.7. The van der Waals surface area contributed by atoms with Crippen LogP contribution in [0.25, 0.3) is 0 Å². The van der Waals surface area contributed by atoms with Gasteiger partial charge in [0, 0.05) is 13.1 Å². The maximum atomic E-state index is 13.2. The van der Waals surface area contributed by atoms with Crippen LogP contribution in [0.2, 0.25) is 0 Å². The third-order valence-electron chi connectivity index (χ3n) is 5.22. The standard InChI is InChI=1S/C28H35NO6/c1-6-13-23(26(31)35-28(2,3)4)24(25(30)33-5)19-29(18-21-14-9-7-10-15-21)27(32)34-20-22-16-11-8-12-17-22/h6-12,14-17,23-24H,1,13,18-20H2,2-5H3/t23-,24-/m0/s1. The molecule has 0 radical (unpaired) electrons. The van der Waals surface area contributed by atoms with Crippen molar-refractivity contribution >= 4 is 18.0 Å². The molecule has 0 aliphatic rings. The molecule has 0 heterocycles. The number of benzene rings is 2. The van der Waals surface area contributed by atoms with Crippen LogP contribution >= 0.6 is 0 Å². The summed E-state index contributed by atoms with van der Waals surface area (Å²) in [6, 6.07) is 18.7. The Morgan fingerprint density at radius 2 is 1.49 bits per heavy atom. The minimum absolute atomic E-state index is 0.0794. The number of rotatable bonds is 11. The number of carbonyl (C=O) groups excluding carboxylic acids is 3. The molecule has 0 aliphatic heterocycles. The van der Waals surface area contributed by atoms with Gasteiger partial charge >= 0.3 is 18.0 Å². The Balaban J connectivity index is 2.32. The Morgan fingerprint density at radius 3 is 2.00 bits per heavy atom. The molecule has 7 nitrogen and oxygen atoms in total. The zero-order valence-corrected chi connectivity index (χ0v) is 20.9. The smallest absolute Gasteiger partial charge is 0.410 e. The molecule has 0 saturated heterocycles. The number of carbonyl (C=O) groups is 3. The number of hydrogen-bond acceptors (Lipinski definition) is 6. The van der Waals surface area contributed by atoms with Gasteiger partial charge in [0.05, 0.1) is 18.9 Å². The van der Waals surface area contributed by atoms with Crippen LogP contribution in [0.15, 0.2) is 73.3 Å². The van der Waals surface area contributed by atoms with E-state index in [1.54, 1.807) is 26.8 Å². The van der Waals surface area contributed by atoms with Crippen LogP contribution in [-0.2, 0) is 37.0 Å². The van der Waals surface area contributed by atoms with E-state index >= 15 is 0 Å². The molecular formula is C28H35NO6. The number of hydrogen-bond donors (Lipinski definition) is 0. The SMILES string of the molecule is C=CC[C@H](C(=O)OC(C)(C)C)[C@H](CN(Cc1ccccc1)C(=O)OCc1ccccc1)C(=O)OC. The first-order valence-electron chi connectivity index (χ1n) is 11.6. The van der Waals surface area contributed by atoms with Gasteiger partial charge in [-0.2, -0.15) is 0 Å². The lowest BCUT2D eigenvalue weighted by Crippen LogP contribution is -2.44. The predicted octanol–water partition coefficient (Wildman–Crippen LogP) is 5.15. The summed E-state index contributed by atoms with van der Waals surface area (Å²) in [6.07, 6.45) is 1.14. The van der Waals surface area contributed by atoms with Crippen molar-refractivity contribution in [3.8, 4) is 0 Å². The number of allylic oxidation sites excluding steroid dienone is 1. The Bertz CT molecular complexity index is 968. The summed E-state index contributed by atoms with van der Waals surface area (Å²) in [7, 11) is 1.25. The summed E-state index contributed by atoms with van der Waals surface area (Å²) in [5, 5.41) is 0. The number of esters is 2. The van der Waals surface area contributed by atoms with Gasteiger partial charge in [0.15, 0.2) is 0 Å². The Morgan fingerprint density at radius 1 is 0.914 bits per heavy atom. The monoisotopic (exact) mass is 481 g/mol. The van der Waals surface area contributed by atoms with Gasteiger partial charge in [0.25, 0.3) is 0 Å². The van der Waals surface area contributed by atoms with E-state index in [9.17, 15) is 14.4 Å². The summed E-state index contributed by atoms with van der Waals surface area (Å²) >= 11 is 0. The molecule has 1 amide bonds. The molecule has 0 spiro atoms. The first-order valence-corrected chi connectivity index (χ1v) is 11.6. The molecule has 0 aromatic heterocycles. The summed E-state index contributed by atoms with van der Waals surface area (Å²) < 4.78 is 16.1. The van der Waals surface area contributed by atoms with E-state index in [4.69, 9.17) is 14.2 Å². The quantitative estimate of drug-likeness (QED) is 0.251. The Hall–Kier alpha value is -3.61. The van der Waals surface area contributed by atoms with Crippen molar-refractivity contribution in [3.63, 3.8) is 0 Å². The average molecular weight is 482 g/mol. The fourth-order valence-electron chi connectivity index (χ4n) is 3.55. The van der Waals surface area contributed by atoms with Gasteiger partial charge in [0.2, 0.25) is 0 Å². The predicted molar refractivity (Wildman–Crippen MR) is 133 cm³/mol. The van der Waals surface area contributed by atoms with Crippen LogP contribution in [0.3, 0.4) is 0 Å². The highest BCUT2D eigenvalue weighted by Gasteiger charge is 2.39. The van der Waals surface area contributed by atoms with Crippen molar-refractivity contribution in [1.29, 1.82) is 0 Å². The summed E-state index contributed by atoms with van der Waals surface area (Å²) in [4.78, 5) is 40.4. The van der Waals surface area contributed by atoms with Gasteiger partial charge < -0.3 is 19.1 Å². The number of nitrogens with zero attached hydrogens (tertiary/aromatic N) is 1. The highest BCUT2D eigenvalue weighted by Crippen LogP contribution is 2.25. The van der Waals surface area contributed by atoms with Crippen molar-refractivity contribution in [2.75, 3.05) is 13.7 Å². The van der Waals surface area contributed by atoms with Crippen molar-refractivity contribution in [2.45, 2.75) is 45.9 Å². The van der Waals surface area contributed by atoms with Gasteiger partial charge in [-0.05, 0) is 38.3 Å². The van der Waals surface area contributed by atoms with E-state index < -0.39 is 35.5 Å². The lowest BCUT2D eigenvalue weighted by Gasteiger charge is -2.31. The Kier molecular flexibility index (Phi) is 10.5. The maximum Gasteiger partial charge on any atom is 0.410 e. The molecular weight excluding hydrogens is 446 g/mol. The van der Waals surface area contributed by atoms with E-state index in [1.165, 1.54) is 12.0 Å². The third-order valence-corrected chi connectivity index (χ3v) is 5.22. The van der Waals surface area contributed by atoms with E-state index in [0.29, 0.717) is 0 Å². The van der Waals surface area contributed by atoms with Crippen molar-refractivity contribution in [2.24, 2.45) is 11.8 Å². The minimum atomic E-state index is -0.971. The molecule has 7 heteroatoms. The molecule has 0 aliphatic carbocycles. The van der Waals surface area contributed by atoms with Crippen molar-refractivity contribution < 1.29 is 28.6 Å². The van der Waals surface area contributed by atoms with Gasteiger partial charge in [-0.3, -0.25) is 9.59 Å². The van der Waals surface area contributed by atoms with Crippen molar-refractivity contribution in [1.82, 2.24) is 4.90 Å². The van der Waals surface area contributed by atoms with E-state index in [-0.39, 0.29) is 26.1 Å². The first-order chi connectivity index (χ1) is 16.6. The second-order valence-electron chi connectivity index (χ2n) is 9.20. The van der Waals surface area contributed by atoms with Crippen LogP contribution in [0, 0.1) is 11.8 Å². The van der Waals surface area contributed by atoms with Crippen LogP contribution < -0.4 is 0 Å². The number of methoxy groups -OCH3 is 1. The van der Waals surface area contributed by atoms with Crippen LogP contribution in [0.4, 0.5) is 4.79 Å². The first kappa shape index (κ1) is 27.6. The van der Waals surface area contributed by atoms with Gasteiger partial charge in [0.1, 0.15) is 12.2 Å². The molecule has 35 heavy (non-hydrogen) atoms. The molecule has 0 bridgehead atoms. The van der Waals surface area contributed by atoms with E-state index in [0.717, 1.165) is 11.1 Å². The van der Waals surface area contributed by atoms with Crippen molar-refractivity contribution in [3.05, 3.63) is 84.4 Å². The number of amides is 1. The van der Waals surface area contributed by atoms with Gasteiger partial charge in [-0.1, -0.05) is 66.7 Å². The van der Waals surface area contributed by atoms with Gasteiger partial charge in [-0.15, -0.1) is 6.58 Å². The van der Waals surface area contributed by atoms with Crippen LogP contribution in [0.1, 0.15) is 38.3 Å². The Labute approximate surface area is 207 Å². The summed E-state index contributed by atoms with van der Waals surface area (Å²) in [5.41, 5.74) is 0.948. The molecule has 2 rings (SSSR count). The highest BCUT2D eigenvalue weighted by atomic mass is 16.6. The topological polar surface area (TPSA) is 82.1 Å². The van der Waals surface area contributed by atoms with Crippen LogP contribution in [0.5, 0.6) is 0 Å². The third kappa shape index (κ3) is 9.27. The summed E-state index contributed by atoms with van der Waals surface area (Å²) in [6.45, 7) is 9.17. The van der Waals surface area contributed by atoms with E-state index in [2.05, 4.69) is 6.58 Å². The minimum Gasteiger partial charge on any atom is -0.469 e. The van der Waals surface area contributed by atoms with Gasteiger partial charge in [-0.25, -0.2) is 4.79 Å². The lowest BCUT2D eigenvalue weighted by atomic mass is 9.88. The average Bonchev–Trinajstić information content (AvgIpc) is 2.83. The molecule has 0 N–H and O–H groups in total. The molecule has 0 unspecified atom stereocenters. The fourth-order valence-corrected chi connectivity index (χ4v) is 3.55. The maximum absolute atomic E-state index is 13.2. The molecule has 2 atom stereocenters. The molecule has 0 saturated carbocycles. The second kappa shape index (κ2) is 13.3. The highest BCUT2D eigenvalue weighted by molar-refractivity contribution is 5.83. The second-order valence-corrected chi connectivity index (χ2v) is 9.20. The van der Waals surface area contributed by atoms with E-state index in [1.807, 2.05) is 60.7 Å². The molecule has 0 fully saturated rings. The number of ether oxygens (including phenoxy) is 3. The molecule has 188 valence electrons. The lowest BCUT2D eigenvalue weighted by molar-refractivity contribution is -0.167. The summed E-state index contributed by atoms with van der Waals surface area (Å²) in [5.74, 6) is -3.01. The zero-order chi connectivity index (χ0) is 25.8. The molecule has 2 aromatic rings. The zero-order valence-electron chi connectivity index (χ0n) is 20.9. The largest absolute Gasteiger partial charge is 0.469 e. The van der Waals surface area contributed by atoms with Crippen LogP contribution in [-0.4, -0.2) is 42.2 Å². The molecule has 2 aromatic carbocycles. The fraction of sp³-hybridized carbons (Fsp3) is 0.393.